The molecule has 0 radical (unpaired) electrons. The third-order valence-corrected chi connectivity index (χ3v) is 3.79. The average Bonchev–Trinajstić information content (AvgIpc) is 2.54. The lowest BCUT2D eigenvalue weighted by molar-refractivity contribution is 0.409. The molecule has 21 heavy (non-hydrogen) atoms. The van der Waals surface area contributed by atoms with E-state index in [0.29, 0.717) is 0 Å². The second-order valence-electron chi connectivity index (χ2n) is 5.24. The molecule has 0 unspecified atom stereocenters. The van der Waals surface area contributed by atoms with Gasteiger partial charge in [0.15, 0.2) is 0 Å². The van der Waals surface area contributed by atoms with E-state index in [4.69, 9.17) is 10.5 Å². The first-order valence-corrected chi connectivity index (χ1v) is 7.35. The zero-order valence-electron chi connectivity index (χ0n) is 13.0. The molecule has 0 aromatic heterocycles. The molecular formula is C18H24N2O. The van der Waals surface area contributed by atoms with Crippen molar-refractivity contribution in [2.24, 2.45) is 5.73 Å². The summed E-state index contributed by atoms with van der Waals surface area (Å²) in [5, 5.41) is 0. The molecule has 0 bridgehead atoms. The summed E-state index contributed by atoms with van der Waals surface area (Å²) < 4.78 is 5.43. The summed E-state index contributed by atoms with van der Waals surface area (Å²) in [5.74, 6) is 0.918. The number of nitrogens with two attached hydrogens (primary N) is 1. The summed E-state index contributed by atoms with van der Waals surface area (Å²) in [6.45, 7) is 2.90. The molecule has 0 spiro atoms. The Morgan fingerprint density at radius 1 is 1.10 bits per heavy atom. The van der Waals surface area contributed by atoms with E-state index in [0.717, 1.165) is 18.7 Å². The van der Waals surface area contributed by atoms with Crippen LogP contribution in [0.5, 0.6) is 5.75 Å². The molecule has 0 aliphatic carbocycles. The second-order valence-corrected chi connectivity index (χ2v) is 5.24. The van der Waals surface area contributed by atoms with Gasteiger partial charge in [-0.2, -0.15) is 0 Å². The molecule has 2 aromatic carbocycles. The molecule has 0 aliphatic rings. The standard InChI is InChI=1S/C18H24N2O/c1-4-16(19)15-10-6-7-11-17(15)20(2)13-14-9-5-8-12-18(14)21-3/h5-12,16H,4,13,19H2,1-3H3/t16-/m1/s1. The molecule has 0 saturated carbocycles. The van der Waals surface area contributed by atoms with Gasteiger partial charge in [-0.3, -0.25) is 0 Å². The van der Waals surface area contributed by atoms with Crippen LogP contribution in [0.25, 0.3) is 0 Å². The summed E-state index contributed by atoms with van der Waals surface area (Å²) in [6, 6.07) is 16.5. The van der Waals surface area contributed by atoms with Gasteiger partial charge in [-0.05, 0) is 24.1 Å². The number of hydrogen-bond acceptors (Lipinski definition) is 3. The third kappa shape index (κ3) is 3.56. The highest BCUT2D eigenvalue weighted by molar-refractivity contribution is 5.55. The number of rotatable bonds is 6. The molecule has 0 fully saturated rings. The molecular weight excluding hydrogens is 260 g/mol. The number of anilines is 1. The fraction of sp³-hybridized carbons (Fsp3) is 0.333. The van der Waals surface area contributed by atoms with Gasteiger partial charge >= 0.3 is 0 Å². The molecule has 3 heteroatoms. The van der Waals surface area contributed by atoms with Crippen molar-refractivity contribution >= 4 is 5.69 Å². The number of ether oxygens (including phenoxy) is 1. The van der Waals surface area contributed by atoms with E-state index < -0.39 is 0 Å². The normalized spacial score (nSPS) is 12.0. The number of para-hydroxylation sites is 2. The van der Waals surface area contributed by atoms with Crippen molar-refractivity contribution in [2.45, 2.75) is 25.9 Å². The highest BCUT2D eigenvalue weighted by atomic mass is 16.5. The first kappa shape index (κ1) is 15.4. The van der Waals surface area contributed by atoms with Crippen molar-refractivity contribution < 1.29 is 4.74 Å². The van der Waals surface area contributed by atoms with Gasteiger partial charge in [-0.1, -0.05) is 43.3 Å². The second kappa shape index (κ2) is 7.14. The number of nitrogens with zero attached hydrogens (tertiary/aromatic N) is 1. The van der Waals surface area contributed by atoms with Gasteiger partial charge in [0, 0.05) is 30.9 Å². The number of methoxy groups -OCH3 is 1. The van der Waals surface area contributed by atoms with Gasteiger partial charge in [0.2, 0.25) is 0 Å². The highest BCUT2D eigenvalue weighted by Crippen LogP contribution is 2.28. The molecule has 0 aliphatic heterocycles. The van der Waals surface area contributed by atoms with Crippen molar-refractivity contribution in [2.75, 3.05) is 19.1 Å². The topological polar surface area (TPSA) is 38.5 Å². The van der Waals surface area contributed by atoms with Crippen LogP contribution in [0.1, 0.15) is 30.5 Å². The van der Waals surface area contributed by atoms with E-state index in [-0.39, 0.29) is 6.04 Å². The summed E-state index contributed by atoms with van der Waals surface area (Å²) in [5.41, 5.74) is 9.77. The SMILES string of the molecule is CC[C@@H](N)c1ccccc1N(C)Cc1ccccc1OC. The van der Waals surface area contributed by atoms with E-state index in [2.05, 4.69) is 43.1 Å². The van der Waals surface area contributed by atoms with Gasteiger partial charge in [0.1, 0.15) is 5.75 Å². The van der Waals surface area contributed by atoms with Crippen LogP contribution in [0.2, 0.25) is 0 Å². The monoisotopic (exact) mass is 284 g/mol. The fourth-order valence-electron chi connectivity index (χ4n) is 2.54. The van der Waals surface area contributed by atoms with Crippen LogP contribution in [-0.2, 0) is 6.54 Å². The molecule has 2 N–H and O–H groups in total. The Bertz CT molecular complexity index is 583. The highest BCUT2D eigenvalue weighted by Gasteiger charge is 2.13. The minimum atomic E-state index is 0.0707. The Balaban J connectivity index is 2.26. The zero-order chi connectivity index (χ0) is 15.2. The molecule has 2 rings (SSSR count). The van der Waals surface area contributed by atoms with Crippen molar-refractivity contribution in [3.63, 3.8) is 0 Å². The van der Waals surface area contributed by atoms with Gasteiger partial charge in [0.05, 0.1) is 7.11 Å². The van der Waals surface area contributed by atoms with Crippen molar-refractivity contribution in [1.29, 1.82) is 0 Å². The Labute approximate surface area is 127 Å². The first-order valence-electron chi connectivity index (χ1n) is 7.35. The predicted octanol–water partition coefficient (Wildman–Crippen LogP) is 3.74. The van der Waals surface area contributed by atoms with Gasteiger partial charge in [0.25, 0.3) is 0 Å². The molecule has 0 heterocycles. The minimum Gasteiger partial charge on any atom is -0.496 e. The molecule has 0 amide bonds. The lowest BCUT2D eigenvalue weighted by Crippen LogP contribution is -2.21. The molecule has 112 valence electrons. The summed E-state index contributed by atoms with van der Waals surface area (Å²) in [6.07, 6.45) is 0.930. The molecule has 2 aromatic rings. The van der Waals surface area contributed by atoms with Crippen molar-refractivity contribution in [3.05, 3.63) is 59.7 Å². The predicted molar refractivity (Wildman–Crippen MR) is 88.8 cm³/mol. The summed E-state index contributed by atoms with van der Waals surface area (Å²) >= 11 is 0. The smallest absolute Gasteiger partial charge is 0.123 e. The Morgan fingerprint density at radius 3 is 2.48 bits per heavy atom. The van der Waals surface area contributed by atoms with Crippen LogP contribution in [0.4, 0.5) is 5.69 Å². The molecule has 3 nitrogen and oxygen atoms in total. The Morgan fingerprint density at radius 2 is 1.76 bits per heavy atom. The summed E-state index contributed by atoms with van der Waals surface area (Å²) in [4.78, 5) is 2.22. The first-order chi connectivity index (χ1) is 10.2. The number of hydrogen-bond donors (Lipinski definition) is 1. The van der Waals surface area contributed by atoms with Crippen LogP contribution in [0.3, 0.4) is 0 Å². The van der Waals surface area contributed by atoms with Gasteiger partial charge in [-0.15, -0.1) is 0 Å². The van der Waals surface area contributed by atoms with Crippen molar-refractivity contribution in [3.8, 4) is 5.75 Å². The van der Waals surface area contributed by atoms with E-state index in [1.54, 1.807) is 7.11 Å². The lowest BCUT2D eigenvalue weighted by atomic mass is 10.0. The summed E-state index contributed by atoms with van der Waals surface area (Å²) in [7, 11) is 3.80. The van der Waals surface area contributed by atoms with Crippen LogP contribution >= 0.6 is 0 Å². The van der Waals surface area contributed by atoms with Crippen molar-refractivity contribution in [1.82, 2.24) is 0 Å². The quantitative estimate of drug-likeness (QED) is 0.878. The fourth-order valence-corrected chi connectivity index (χ4v) is 2.54. The van der Waals surface area contributed by atoms with Crippen LogP contribution < -0.4 is 15.4 Å². The van der Waals surface area contributed by atoms with Crippen LogP contribution in [-0.4, -0.2) is 14.2 Å². The Kier molecular flexibility index (Phi) is 5.23. The lowest BCUT2D eigenvalue weighted by Gasteiger charge is -2.25. The minimum absolute atomic E-state index is 0.0707. The maximum atomic E-state index is 6.23. The van der Waals surface area contributed by atoms with E-state index >= 15 is 0 Å². The third-order valence-electron chi connectivity index (χ3n) is 3.79. The van der Waals surface area contributed by atoms with E-state index in [9.17, 15) is 0 Å². The maximum Gasteiger partial charge on any atom is 0.123 e. The molecule has 1 atom stereocenters. The largest absolute Gasteiger partial charge is 0.496 e. The Hall–Kier alpha value is -2.00. The molecule has 0 saturated heterocycles. The average molecular weight is 284 g/mol. The van der Waals surface area contributed by atoms with E-state index in [1.807, 2.05) is 24.3 Å². The van der Waals surface area contributed by atoms with Crippen LogP contribution in [0, 0.1) is 0 Å². The van der Waals surface area contributed by atoms with Gasteiger partial charge in [-0.25, -0.2) is 0 Å². The number of benzene rings is 2. The maximum absolute atomic E-state index is 6.23. The van der Waals surface area contributed by atoms with E-state index in [1.165, 1.54) is 16.8 Å². The van der Waals surface area contributed by atoms with Gasteiger partial charge < -0.3 is 15.4 Å². The van der Waals surface area contributed by atoms with Crippen LogP contribution in [0.15, 0.2) is 48.5 Å². The zero-order valence-corrected chi connectivity index (χ0v) is 13.0.